The van der Waals surface area contributed by atoms with Crippen LogP contribution < -0.4 is 0 Å². The van der Waals surface area contributed by atoms with Crippen LogP contribution in [0.2, 0.25) is 0 Å². The molecule has 1 heterocycles. The number of unbranched alkanes of at least 4 members (excludes halogenated alkanes) is 9. The summed E-state index contributed by atoms with van der Waals surface area (Å²) in [6.07, 6.45) is 13.6. The zero-order valence-corrected chi connectivity index (χ0v) is 17.4. The average molecular weight is 401 g/mol. The van der Waals surface area contributed by atoms with Crippen molar-refractivity contribution in [1.29, 1.82) is 0 Å². The Bertz CT molecular complexity index is 425. The first-order valence-corrected chi connectivity index (χ1v) is 11.0. The van der Waals surface area contributed by atoms with Gasteiger partial charge in [-0.1, -0.05) is 57.6 Å². The van der Waals surface area contributed by atoms with Crippen molar-refractivity contribution in [2.75, 3.05) is 13.2 Å². The standard InChI is InChI=1S/C22H40O6/c1-2-3-4-5-6-7-8-9-10-11-12-13-14-15-20(25)27-17-19(24)22-21(26)18(23)16-28-22/h9-10,18-19,21-24,26H,2-8,11-17H2,1H3/b10-9-/t18-,19+,21+,22+/m0/s1. The van der Waals surface area contributed by atoms with E-state index in [-0.39, 0.29) is 19.2 Å². The van der Waals surface area contributed by atoms with Gasteiger partial charge < -0.3 is 24.8 Å². The Kier molecular flexibility index (Phi) is 14.3. The maximum Gasteiger partial charge on any atom is 0.305 e. The Morgan fingerprint density at radius 3 is 2.25 bits per heavy atom. The van der Waals surface area contributed by atoms with Gasteiger partial charge in [0, 0.05) is 6.42 Å². The monoisotopic (exact) mass is 400 g/mol. The predicted octanol–water partition coefficient (Wildman–Crippen LogP) is 3.27. The van der Waals surface area contributed by atoms with Crippen molar-refractivity contribution in [3.63, 3.8) is 0 Å². The summed E-state index contributed by atoms with van der Waals surface area (Å²) in [5.74, 6) is -0.356. The van der Waals surface area contributed by atoms with Crippen molar-refractivity contribution in [1.82, 2.24) is 0 Å². The topological polar surface area (TPSA) is 96.2 Å². The zero-order chi connectivity index (χ0) is 20.6. The molecule has 0 saturated carbocycles. The maximum absolute atomic E-state index is 11.7. The van der Waals surface area contributed by atoms with E-state index in [2.05, 4.69) is 19.1 Å². The number of ether oxygens (including phenoxy) is 2. The van der Waals surface area contributed by atoms with Gasteiger partial charge in [-0.25, -0.2) is 0 Å². The highest BCUT2D eigenvalue weighted by atomic mass is 16.6. The number of rotatable bonds is 16. The molecule has 0 unspecified atom stereocenters. The van der Waals surface area contributed by atoms with Crippen LogP contribution in [0.3, 0.4) is 0 Å². The molecule has 0 radical (unpaired) electrons. The Morgan fingerprint density at radius 2 is 1.64 bits per heavy atom. The first-order chi connectivity index (χ1) is 13.6. The zero-order valence-electron chi connectivity index (χ0n) is 17.4. The van der Waals surface area contributed by atoms with E-state index in [1.54, 1.807) is 0 Å². The molecule has 0 amide bonds. The smallest absolute Gasteiger partial charge is 0.305 e. The Hall–Kier alpha value is -0.950. The van der Waals surface area contributed by atoms with E-state index in [1.165, 1.54) is 38.5 Å². The van der Waals surface area contributed by atoms with Gasteiger partial charge in [0.25, 0.3) is 0 Å². The van der Waals surface area contributed by atoms with Gasteiger partial charge in [0.1, 0.15) is 31.0 Å². The molecule has 1 aliphatic rings. The van der Waals surface area contributed by atoms with Crippen LogP contribution in [0.1, 0.15) is 84.0 Å². The van der Waals surface area contributed by atoms with Gasteiger partial charge in [-0.3, -0.25) is 4.79 Å². The number of hydrogen-bond donors (Lipinski definition) is 3. The molecule has 4 atom stereocenters. The molecule has 1 fully saturated rings. The third-order valence-corrected chi connectivity index (χ3v) is 5.13. The van der Waals surface area contributed by atoms with Gasteiger partial charge in [-0.15, -0.1) is 0 Å². The van der Waals surface area contributed by atoms with Crippen LogP contribution in [-0.4, -0.2) is 58.9 Å². The molecule has 164 valence electrons. The van der Waals surface area contributed by atoms with Gasteiger partial charge in [0.2, 0.25) is 0 Å². The lowest BCUT2D eigenvalue weighted by Crippen LogP contribution is -2.41. The van der Waals surface area contributed by atoms with Crippen LogP contribution in [0.25, 0.3) is 0 Å². The summed E-state index contributed by atoms with van der Waals surface area (Å²) in [6.45, 7) is 1.99. The molecule has 28 heavy (non-hydrogen) atoms. The number of allylic oxidation sites excluding steroid dienone is 2. The van der Waals surface area contributed by atoms with Crippen molar-refractivity contribution >= 4 is 5.97 Å². The minimum Gasteiger partial charge on any atom is -0.463 e. The van der Waals surface area contributed by atoms with Crippen LogP contribution in [0.4, 0.5) is 0 Å². The molecule has 1 aliphatic heterocycles. The molecule has 1 saturated heterocycles. The fourth-order valence-electron chi connectivity index (χ4n) is 3.30. The molecule has 0 aromatic carbocycles. The lowest BCUT2D eigenvalue weighted by atomic mass is 10.1. The number of esters is 1. The second kappa shape index (κ2) is 15.9. The minimum absolute atomic E-state index is 0.0236. The highest BCUT2D eigenvalue weighted by Gasteiger charge is 2.39. The Balaban J connectivity index is 1.92. The van der Waals surface area contributed by atoms with Crippen LogP contribution in [0.5, 0.6) is 0 Å². The number of carbonyl (C=O) groups is 1. The molecule has 0 aromatic rings. The number of hydrogen-bond acceptors (Lipinski definition) is 6. The van der Waals surface area contributed by atoms with E-state index >= 15 is 0 Å². The molecular formula is C22H40O6. The number of aliphatic hydroxyl groups is 3. The lowest BCUT2D eigenvalue weighted by Gasteiger charge is -2.20. The van der Waals surface area contributed by atoms with Gasteiger partial charge in [0.15, 0.2) is 0 Å². The van der Waals surface area contributed by atoms with E-state index in [4.69, 9.17) is 9.47 Å². The second-order valence-electron chi connectivity index (χ2n) is 7.73. The van der Waals surface area contributed by atoms with Crippen molar-refractivity contribution in [2.24, 2.45) is 0 Å². The minimum atomic E-state index is -1.15. The van der Waals surface area contributed by atoms with Gasteiger partial charge in [-0.05, 0) is 32.1 Å². The molecule has 0 bridgehead atoms. The van der Waals surface area contributed by atoms with Crippen molar-refractivity contribution in [2.45, 2.75) is 108 Å². The van der Waals surface area contributed by atoms with Gasteiger partial charge in [0.05, 0.1) is 6.61 Å². The van der Waals surface area contributed by atoms with Crippen LogP contribution in [0.15, 0.2) is 12.2 Å². The van der Waals surface area contributed by atoms with Crippen molar-refractivity contribution in [3.05, 3.63) is 12.2 Å². The molecule has 6 nitrogen and oxygen atoms in total. The summed E-state index contributed by atoms with van der Waals surface area (Å²) >= 11 is 0. The molecular weight excluding hydrogens is 360 g/mol. The summed E-state index contributed by atoms with van der Waals surface area (Å²) in [7, 11) is 0. The summed E-state index contributed by atoms with van der Waals surface area (Å²) in [5, 5.41) is 28.9. The van der Waals surface area contributed by atoms with Crippen molar-refractivity contribution < 1.29 is 29.6 Å². The third kappa shape index (κ3) is 11.1. The Morgan fingerprint density at radius 1 is 1.04 bits per heavy atom. The molecule has 0 aliphatic carbocycles. The maximum atomic E-state index is 11.7. The van der Waals surface area contributed by atoms with Crippen LogP contribution in [-0.2, 0) is 14.3 Å². The van der Waals surface area contributed by atoms with E-state index < -0.39 is 24.4 Å². The summed E-state index contributed by atoms with van der Waals surface area (Å²) in [5.41, 5.74) is 0. The normalized spacial score (nSPS) is 23.4. The van der Waals surface area contributed by atoms with Crippen LogP contribution in [0, 0.1) is 0 Å². The van der Waals surface area contributed by atoms with Gasteiger partial charge >= 0.3 is 5.97 Å². The van der Waals surface area contributed by atoms with Gasteiger partial charge in [-0.2, -0.15) is 0 Å². The van der Waals surface area contributed by atoms with E-state index in [0.717, 1.165) is 32.1 Å². The third-order valence-electron chi connectivity index (χ3n) is 5.13. The first-order valence-electron chi connectivity index (χ1n) is 11.0. The Labute approximate surface area is 169 Å². The first kappa shape index (κ1) is 25.1. The summed E-state index contributed by atoms with van der Waals surface area (Å²) < 4.78 is 10.1. The molecule has 6 heteroatoms. The van der Waals surface area contributed by atoms with E-state index in [0.29, 0.717) is 6.42 Å². The lowest BCUT2D eigenvalue weighted by molar-refractivity contribution is -0.151. The fourth-order valence-corrected chi connectivity index (χ4v) is 3.30. The summed E-state index contributed by atoms with van der Waals surface area (Å²) in [4.78, 5) is 11.7. The van der Waals surface area contributed by atoms with Crippen molar-refractivity contribution in [3.8, 4) is 0 Å². The molecule has 0 spiro atoms. The fraction of sp³-hybridized carbons (Fsp3) is 0.864. The second-order valence-corrected chi connectivity index (χ2v) is 7.73. The highest BCUT2D eigenvalue weighted by Crippen LogP contribution is 2.18. The quantitative estimate of drug-likeness (QED) is 0.209. The number of aliphatic hydroxyl groups excluding tert-OH is 3. The predicted molar refractivity (Wildman–Crippen MR) is 109 cm³/mol. The number of carbonyl (C=O) groups excluding carboxylic acids is 1. The average Bonchev–Trinajstić information content (AvgIpc) is 3.02. The SMILES string of the molecule is CCCCCCCC/C=C\CCCCCC(=O)OC[C@@H](O)[C@H]1OC[C@H](O)[C@H]1O. The molecule has 3 N–H and O–H groups in total. The molecule has 0 aromatic heterocycles. The summed E-state index contributed by atoms with van der Waals surface area (Å²) in [6, 6.07) is 0. The largest absolute Gasteiger partial charge is 0.463 e. The van der Waals surface area contributed by atoms with E-state index in [9.17, 15) is 20.1 Å². The molecule has 1 rings (SSSR count). The van der Waals surface area contributed by atoms with E-state index in [1.807, 2.05) is 0 Å². The van der Waals surface area contributed by atoms with Crippen LogP contribution >= 0.6 is 0 Å². The highest BCUT2D eigenvalue weighted by molar-refractivity contribution is 5.69.